The number of aliphatic hydroxyl groups excluding tert-OH is 2. The van der Waals surface area contributed by atoms with Gasteiger partial charge in [0.25, 0.3) is 0 Å². The van der Waals surface area contributed by atoms with Gasteiger partial charge in [0.15, 0.2) is 12.4 Å². The summed E-state index contributed by atoms with van der Waals surface area (Å²) < 4.78 is 14.6. The minimum Gasteiger partial charge on any atom is -0.457 e. The summed E-state index contributed by atoms with van der Waals surface area (Å²) in [5.74, 6) is 0.108. The summed E-state index contributed by atoms with van der Waals surface area (Å²) in [4.78, 5) is 11.5. The van der Waals surface area contributed by atoms with Crippen molar-refractivity contribution in [1.82, 2.24) is 0 Å². The van der Waals surface area contributed by atoms with Gasteiger partial charge in [-0.25, -0.2) is 0 Å². The highest BCUT2D eigenvalue weighted by atomic mass is 16.8. The van der Waals surface area contributed by atoms with Gasteiger partial charge in [-0.15, -0.1) is 0 Å². The minimum absolute atomic E-state index is 0.120. The standard InChI is InChI=1S/C10H16O6/c1-6-7(16-9(13)15-6)4-14-8(12)10(2,3)5-11/h9,11,13H,4-5H2,1-3H3. The molecule has 0 spiro atoms. The first-order valence-corrected chi connectivity index (χ1v) is 4.86. The lowest BCUT2D eigenvalue weighted by Crippen LogP contribution is -2.30. The third-order valence-electron chi connectivity index (χ3n) is 2.20. The Kier molecular flexibility index (Phi) is 3.77. The van der Waals surface area contributed by atoms with Crippen LogP contribution in [0, 0.1) is 5.41 Å². The Labute approximate surface area is 93.4 Å². The lowest BCUT2D eigenvalue weighted by atomic mass is 9.95. The molecular formula is C10H16O6. The summed E-state index contributed by atoms with van der Waals surface area (Å²) in [5, 5.41) is 17.9. The van der Waals surface area contributed by atoms with E-state index in [2.05, 4.69) is 0 Å². The van der Waals surface area contributed by atoms with E-state index in [1.54, 1.807) is 20.8 Å². The Bertz CT molecular complexity index is 306. The summed E-state index contributed by atoms with van der Waals surface area (Å²) in [5.41, 5.74) is -0.952. The van der Waals surface area contributed by atoms with E-state index in [0.717, 1.165) is 0 Å². The summed E-state index contributed by atoms with van der Waals surface area (Å²) in [6, 6.07) is 0. The monoisotopic (exact) mass is 232 g/mol. The van der Waals surface area contributed by atoms with E-state index >= 15 is 0 Å². The average molecular weight is 232 g/mol. The zero-order chi connectivity index (χ0) is 12.3. The molecule has 0 aromatic rings. The number of rotatable bonds is 4. The molecule has 0 amide bonds. The van der Waals surface area contributed by atoms with E-state index in [9.17, 15) is 4.79 Å². The number of carbonyl (C=O) groups is 1. The highest BCUT2D eigenvalue weighted by molar-refractivity contribution is 5.76. The molecule has 0 radical (unpaired) electrons. The zero-order valence-electron chi connectivity index (χ0n) is 9.52. The van der Waals surface area contributed by atoms with Crippen LogP contribution in [0.4, 0.5) is 0 Å². The summed E-state index contributed by atoms with van der Waals surface area (Å²) >= 11 is 0. The van der Waals surface area contributed by atoms with Gasteiger partial charge < -0.3 is 24.4 Å². The molecule has 2 N–H and O–H groups in total. The maximum Gasteiger partial charge on any atom is 0.358 e. The van der Waals surface area contributed by atoms with Gasteiger partial charge in [0.2, 0.25) is 0 Å². The number of hydrogen-bond donors (Lipinski definition) is 2. The number of esters is 1. The van der Waals surface area contributed by atoms with Crippen molar-refractivity contribution in [2.24, 2.45) is 5.41 Å². The molecule has 0 aromatic carbocycles. The molecule has 0 saturated heterocycles. The van der Waals surface area contributed by atoms with E-state index in [4.69, 9.17) is 24.4 Å². The van der Waals surface area contributed by atoms with Crippen molar-refractivity contribution < 1.29 is 29.2 Å². The molecule has 0 bridgehead atoms. The van der Waals surface area contributed by atoms with Crippen LogP contribution in [-0.4, -0.2) is 35.9 Å². The molecule has 1 aliphatic heterocycles. The highest BCUT2D eigenvalue weighted by Gasteiger charge is 2.30. The van der Waals surface area contributed by atoms with Gasteiger partial charge in [-0.05, 0) is 20.8 Å². The van der Waals surface area contributed by atoms with Gasteiger partial charge in [-0.2, -0.15) is 0 Å². The molecule has 0 aromatic heterocycles. The van der Waals surface area contributed by atoms with Crippen molar-refractivity contribution in [2.45, 2.75) is 27.2 Å². The molecule has 1 rings (SSSR count). The van der Waals surface area contributed by atoms with Crippen LogP contribution >= 0.6 is 0 Å². The van der Waals surface area contributed by atoms with E-state index in [0.29, 0.717) is 5.76 Å². The van der Waals surface area contributed by atoms with E-state index in [1.807, 2.05) is 0 Å². The molecule has 1 heterocycles. The van der Waals surface area contributed by atoms with E-state index in [1.165, 1.54) is 0 Å². The van der Waals surface area contributed by atoms with Crippen molar-refractivity contribution in [3.8, 4) is 0 Å². The Balaban J connectivity index is 2.47. The summed E-state index contributed by atoms with van der Waals surface area (Å²) in [6.45, 7) is 2.97. The fourth-order valence-corrected chi connectivity index (χ4v) is 0.972. The van der Waals surface area contributed by atoms with Crippen molar-refractivity contribution in [3.63, 3.8) is 0 Å². The van der Waals surface area contributed by atoms with Crippen molar-refractivity contribution in [2.75, 3.05) is 13.2 Å². The molecule has 0 aliphatic carbocycles. The normalized spacial score (nSPS) is 20.4. The Morgan fingerprint density at radius 1 is 1.50 bits per heavy atom. The predicted molar refractivity (Wildman–Crippen MR) is 52.7 cm³/mol. The second-order valence-corrected chi connectivity index (χ2v) is 4.14. The molecule has 6 nitrogen and oxygen atoms in total. The topological polar surface area (TPSA) is 85.2 Å². The van der Waals surface area contributed by atoms with Gasteiger partial charge in [0, 0.05) is 0 Å². The molecule has 6 heteroatoms. The lowest BCUT2D eigenvalue weighted by Gasteiger charge is -2.19. The van der Waals surface area contributed by atoms with Gasteiger partial charge >= 0.3 is 12.4 Å². The van der Waals surface area contributed by atoms with E-state index < -0.39 is 17.9 Å². The first kappa shape index (κ1) is 12.8. The van der Waals surface area contributed by atoms with Crippen LogP contribution in [0.2, 0.25) is 0 Å². The smallest absolute Gasteiger partial charge is 0.358 e. The fraction of sp³-hybridized carbons (Fsp3) is 0.700. The quantitative estimate of drug-likeness (QED) is 0.669. The SMILES string of the molecule is CC1=C(COC(=O)C(C)(C)CO)OC(O)O1. The summed E-state index contributed by atoms with van der Waals surface area (Å²) in [6.07, 6.45) is 0. The minimum atomic E-state index is -1.33. The average Bonchev–Trinajstić information content (AvgIpc) is 2.53. The third kappa shape index (κ3) is 2.86. The zero-order valence-corrected chi connectivity index (χ0v) is 9.52. The largest absolute Gasteiger partial charge is 0.457 e. The van der Waals surface area contributed by atoms with Gasteiger partial charge in [0.1, 0.15) is 5.76 Å². The molecule has 0 saturated carbocycles. The number of allylic oxidation sites excluding steroid dienone is 1. The molecular weight excluding hydrogens is 216 g/mol. The van der Waals surface area contributed by atoms with Crippen LogP contribution < -0.4 is 0 Å². The predicted octanol–water partition coefficient (Wildman–Crippen LogP) is 0.102. The van der Waals surface area contributed by atoms with Crippen LogP contribution in [0.3, 0.4) is 0 Å². The van der Waals surface area contributed by atoms with Crippen molar-refractivity contribution >= 4 is 5.97 Å². The highest BCUT2D eigenvalue weighted by Crippen LogP contribution is 2.22. The number of carbonyl (C=O) groups excluding carboxylic acids is 1. The lowest BCUT2D eigenvalue weighted by molar-refractivity contribution is -0.196. The maximum absolute atomic E-state index is 11.5. The number of hydrogen-bond acceptors (Lipinski definition) is 6. The van der Waals surface area contributed by atoms with Gasteiger partial charge in [-0.3, -0.25) is 4.79 Å². The fourth-order valence-electron chi connectivity index (χ4n) is 0.972. The Morgan fingerprint density at radius 3 is 2.56 bits per heavy atom. The van der Waals surface area contributed by atoms with Crippen LogP contribution in [0.15, 0.2) is 11.5 Å². The first-order valence-electron chi connectivity index (χ1n) is 4.86. The molecule has 1 unspecified atom stereocenters. The Hall–Kier alpha value is -1.27. The molecule has 0 fully saturated rings. The van der Waals surface area contributed by atoms with Crippen molar-refractivity contribution in [3.05, 3.63) is 11.5 Å². The van der Waals surface area contributed by atoms with Crippen LogP contribution in [-0.2, 0) is 19.0 Å². The molecule has 16 heavy (non-hydrogen) atoms. The molecule has 1 atom stereocenters. The maximum atomic E-state index is 11.5. The first-order chi connectivity index (χ1) is 7.36. The second kappa shape index (κ2) is 4.71. The summed E-state index contributed by atoms with van der Waals surface area (Å²) in [7, 11) is 0. The Morgan fingerprint density at radius 2 is 2.12 bits per heavy atom. The van der Waals surface area contributed by atoms with Crippen LogP contribution in [0.5, 0.6) is 0 Å². The van der Waals surface area contributed by atoms with E-state index in [-0.39, 0.29) is 19.0 Å². The van der Waals surface area contributed by atoms with Crippen LogP contribution in [0.1, 0.15) is 20.8 Å². The number of ether oxygens (including phenoxy) is 3. The molecule has 92 valence electrons. The van der Waals surface area contributed by atoms with Crippen molar-refractivity contribution in [1.29, 1.82) is 0 Å². The van der Waals surface area contributed by atoms with Crippen LogP contribution in [0.25, 0.3) is 0 Å². The third-order valence-corrected chi connectivity index (χ3v) is 2.20. The second-order valence-electron chi connectivity index (χ2n) is 4.14. The van der Waals surface area contributed by atoms with Gasteiger partial charge in [-0.1, -0.05) is 0 Å². The molecule has 1 aliphatic rings. The number of aliphatic hydroxyl groups is 2. The van der Waals surface area contributed by atoms with Gasteiger partial charge in [0.05, 0.1) is 12.0 Å².